The molecule has 126 valence electrons. The minimum atomic E-state index is 0.000497. The molecule has 1 amide bonds. The van der Waals surface area contributed by atoms with Crippen LogP contribution in [0.3, 0.4) is 0 Å². The quantitative estimate of drug-likeness (QED) is 0.764. The number of thiazole rings is 1. The molecule has 5 nitrogen and oxygen atoms in total. The first-order valence-electron chi connectivity index (χ1n) is 7.70. The summed E-state index contributed by atoms with van der Waals surface area (Å²) in [6.45, 7) is 8.70. The lowest BCUT2D eigenvalue weighted by Gasteiger charge is -2.29. The van der Waals surface area contributed by atoms with Crippen molar-refractivity contribution in [3.8, 4) is 0 Å². The SMILES string of the molecule is C=C1Nc2sc(SNC3(C)CC3)cc2C(=O)N1Cc1cnc(C)s1. The Hall–Kier alpha value is -1.35. The molecule has 8 heteroatoms. The van der Waals surface area contributed by atoms with Gasteiger partial charge in [0, 0.05) is 16.6 Å². The van der Waals surface area contributed by atoms with E-state index in [0.29, 0.717) is 12.4 Å². The first kappa shape index (κ1) is 16.1. The van der Waals surface area contributed by atoms with E-state index < -0.39 is 0 Å². The van der Waals surface area contributed by atoms with E-state index in [1.165, 1.54) is 12.8 Å². The number of aryl methyl sites for hydroxylation is 1. The maximum Gasteiger partial charge on any atom is 0.262 e. The number of amides is 1. The first-order chi connectivity index (χ1) is 11.4. The van der Waals surface area contributed by atoms with Crippen LogP contribution in [-0.4, -0.2) is 21.3 Å². The van der Waals surface area contributed by atoms with Crippen molar-refractivity contribution in [2.45, 2.75) is 43.0 Å². The van der Waals surface area contributed by atoms with Crippen LogP contribution in [0.1, 0.15) is 40.0 Å². The molecular formula is C16H18N4OS3. The van der Waals surface area contributed by atoms with E-state index in [9.17, 15) is 4.79 Å². The number of nitrogens with one attached hydrogen (secondary N) is 2. The third-order valence-electron chi connectivity index (χ3n) is 4.15. The van der Waals surface area contributed by atoms with E-state index >= 15 is 0 Å². The monoisotopic (exact) mass is 378 g/mol. The standard InChI is InChI=1S/C16H18N4OS3/c1-9-18-14-12(6-13(23-14)24-19-16(3)4-5-16)15(21)20(9)8-11-7-17-10(2)22-11/h6-7,18-19H,1,4-5,8H2,2-3H3. The number of carbonyl (C=O) groups excluding carboxylic acids is 1. The molecule has 2 N–H and O–H groups in total. The molecule has 0 bridgehead atoms. The predicted octanol–water partition coefficient (Wildman–Crippen LogP) is 4.20. The van der Waals surface area contributed by atoms with Gasteiger partial charge in [-0.2, -0.15) is 0 Å². The summed E-state index contributed by atoms with van der Waals surface area (Å²) in [6, 6.07) is 1.97. The van der Waals surface area contributed by atoms with E-state index in [-0.39, 0.29) is 11.4 Å². The topological polar surface area (TPSA) is 57.3 Å². The number of aromatic nitrogens is 1. The molecule has 0 spiro atoms. The van der Waals surface area contributed by atoms with Gasteiger partial charge in [-0.3, -0.25) is 14.4 Å². The van der Waals surface area contributed by atoms with E-state index in [2.05, 4.69) is 28.5 Å². The Morgan fingerprint density at radius 1 is 1.50 bits per heavy atom. The number of thiophene rings is 1. The Labute approximate surface area is 153 Å². The Morgan fingerprint density at radius 3 is 2.96 bits per heavy atom. The molecule has 2 aromatic heterocycles. The van der Waals surface area contributed by atoms with E-state index in [1.54, 1.807) is 39.5 Å². The molecule has 1 fully saturated rings. The molecule has 3 heterocycles. The summed E-state index contributed by atoms with van der Waals surface area (Å²) >= 11 is 4.81. The van der Waals surface area contributed by atoms with E-state index in [1.807, 2.05) is 19.2 Å². The smallest absolute Gasteiger partial charge is 0.262 e. The van der Waals surface area contributed by atoms with Gasteiger partial charge in [-0.05, 0) is 44.7 Å². The highest BCUT2D eigenvalue weighted by molar-refractivity contribution is 7.99. The van der Waals surface area contributed by atoms with Gasteiger partial charge in [0.1, 0.15) is 10.8 Å². The summed E-state index contributed by atoms with van der Waals surface area (Å²) in [4.78, 5) is 19.8. The predicted molar refractivity (Wildman–Crippen MR) is 100 cm³/mol. The van der Waals surface area contributed by atoms with Crippen molar-refractivity contribution >= 4 is 45.5 Å². The fourth-order valence-electron chi connectivity index (χ4n) is 2.40. The number of nitrogens with zero attached hydrogens (tertiary/aromatic N) is 2. The summed E-state index contributed by atoms with van der Waals surface area (Å²) < 4.78 is 4.58. The van der Waals surface area contributed by atoms with Crippen molar-refractivity contribution in [2.75, 3.05) is 5.32 Å². The average molecular weight is 379 g/mol. The van der Waals surface area contributed by atoms with Gasteiger partial charge in [0.2, 0.25) is 0 Å². The normalized spacial score (nSPS) is 18.5. The molecule has 1 aliphatic heterocycles. The van der Waals surface area contributed by atoms with Gasteiger partial charge >= 0.3 is 0 Å². The fraction of sp³-hybridized carbons (Fsp3) is 0.375. The summed E-state index contributed by atoms with van der Waals surface area (Å²) in [7, 11) is 0. The molecule has 0 atom stereocenters. The second kappa shape index (κ2) is 5.87. The highest BCUT2D eigenvalue weighted by Gasteiger charge is 2.37. The van der Waals surface area contributed by atoms with Crippen LogP contribution in [-0.2, 0) is 6.54 Å². The Balaban J connectivity index is 1.52. The lowest BCUT2D eigenvalue weighted by Crippen LogP contribution is -2.36. The number of carbonyl (C=O) groups is 1. The van der Waals surface area contributed by atoms with Crippen LogP contribution in [0.2, 0.25) is 0 Å². The lowest BCUT2D eigenvalue weighted by atomic mass is 10.2. The summed E-state index contributed by atoms with van der Waals surface area (Å²) in [5.41, 5.74) is 0.977. The lowest BCUT2D eigenvalue weighted by molar-refractivity contribution is 0.0794. The van der Waals surface area contributed by atoms with Crippen molar-refractivity contribution in [1.82, 2.24) is 14.6 Å². The van der Waals surface area contributed by atoms with Gasteiger partial charge in [0.25, 0.3) is 5.91 Å². The van der Waals surface area contributed by atoms with Crippen LogP contribution in [0.5, 0.6) is 0 Å². The van der Waals surface area contributed by atoms with Crippen molar-refractivity contribution in [1.29, 1.82) is 0 Å². The van der Waals surface area contributed by atoms with Gasteiger partial charge in [-0.15, -0.1) is 22.7 Å². The molecule has 0 saturated heterocycles. The molecule has 2 aliphatic rings. The minimum Gasteiger partial charge on any atom is -0.333 e. The number of fused-ring (bicyclic) bond motifs is 1. The van der Waals surface area contributed by atoms with Crippen LogP contribution in [0.15, 0.2) is 28.9 Å². The van der Waals surface area contributed by atoms with Gasteiger partial charge in [0.15, 0.2) is 0 Å². The third kappa shape index (κ3) is 3.11. The van der Waals surface area contributed by atoms with E-state index in [0.717, 1.165) is 24.7 Å². The van der Waals surface area contributed by atoms with Crippen LogP contribution < -0.4 is 10.0 Å². The van der Waals surface area contributed by atoms with Crippen LogP contribution in [0.4, 0.5) is 5.00 Å². The molecule has 0 unspecified atom stereocenters. The zero-order chi connectivity index (χ0) is 16.9. The van der Waals surface area contributed by atoms with Crippen molar-refractivity contribution < 1.29 is 4.79 Å². The molecule has 0 aromatic carbocycles. The second-order valence-corrected chi connectivity index (χ2v) is 9.86. The number of hydrogen-bond acceptors (Lipinski definition) is 7. The highest BCUT2D eigenvalue weighted by atomic mass is 32.2. The molecule has 0 radical (unpaired) electrons. The molecular weight excluding hydrogens is 360 g/mol. The molecule has 2 aromatic rings. The van der Waals surface area contributed by atoms with Crippen LogP contribution in [0.25, 0.3) is 0 Å². The van der Waals surface area contributed by atoms with Crippen LogP contribution in [0, 0.1) is 6.92 Å². The second-order valence-electron chi connectivity index (χ2n) is 6.38. The van der Waals surface area contributed by atoms with Crippen molar-refractivity contribution in [3.05, 3.63) is 40.1 Å². The molecule has 4 rings (SSSR count). The molecule has 1 aliphatic carbocycles. The summed E-state index contributed by atoms with van der Waals surface area (Å²) in [5, 5.41) is 5.16. The Kier molecular flexibility index (Phi) is 3.95. The number of anilines is 1. The van der Waals surface area contributed by atoms with Crippen LogP contribution >= 0.6 is 34.6 Å². The van der Waals surface area contributed by atoms with Gasteiger partial charge in [-0.1, -0.05) is 6.58 Å². The summed E-state index contributed by atoms with van der Waals surface area (Å²) in [6.07, 6.45) is 4.24. The van der Waals surface area contributed by atoms with Crippen molar-refractivity contribution in [3.63, 3.8) is 0 Å². The van der Waals surface area contributed by atoms with Gasteiger partial charge in [-0.25, -0.2) is 4.98 Å². The Bertz CT molecular complexity index is 821. The first-order valence-corrected chi connectivity index (χ1v) is 10.2. The number of rotatable bonds is 5. The summed E-state index contributed by atoms with van der Waals surface area (Å²) in [5.74, 6) is 0.625. The fourth-order valence-corrected chi connectivity index (χ4v) is 5.26. The number of hydrogen-bond donors (Lipinski definition) is 2. The van der Waals surface area contributed by atoms with Gasteiger partial charge < -0.3 is 5.32 Å². The maximum atomic E-state index is 12.9. The maximum absolute atomic E-state index is 12.9. The zero-order valence-electron chi connectivity index (χ0n) is 13.5. The largest absolute Gasteiger partial charge is 0.333 e. The molecule has 1 saturated carbocycles. The van der Waals surface area contributed by atoms with Crippen molar-refractivity contribution in [2.24, 2.45) is 0 Å². The third-order valence-corrected chi connectivity index (χ3v) is 7.31. The van der Waals surface area contributed by atoms with E-state index in [4.69, 9.17) is 0 Å². The Morgan fingerprint density at radius 2 is 2.29 bits per heavy atom. The van der Waals surface area contributed by atoms with Gasteiger partial charge in [0.05, 0.1) is 21.3 Å². The zero-order valence-corrected chi connectivity index (χ0v) is 16.0. The minimum absolute atomic E-state index is 0.000497. The molecule has 24 heavy (non-hydrogen) atoms. The average Bonchev–Trinajstić information content (AvgIpc) is 2.94. The highest BCUT2D eigenvalue weighted by Crippen LogP contribution is 2.42.